The molecule has 20 heavy (non-hydrogen) atoms. The second-order valence-electron chi connectivity index (χ2n) is 5.70. The van der Waals surface area contributed by atoms with Crippen LogP contribution in [0.25, 0.3) is 0 Å². The number of carbonyl (C=O) groups excluding carboxylic acids is 1. The molecule has 110 valence electrons. The predicted octanol–water partition coefficient (Wildman–Crippen LogP) is 3.46. The van der Waals surface area contributed by atoms with Crippen LogP contribution in [0.5, 0.6) is 0 Å². The van der Waals surface area contributed by atoms with Crippen LogP contribution in [0.4, 0.5) is 0 Å². The smallest absolute Gasteiger partial charge is 0.310 e. The van der Waals surface area contributed by atoms with Gasteiger partial charge in [0, 0.05) is 12.1 Å². The zero-order valence-corrected chi connectivity index (χ0v) is 12.5. The molecule has 0 radical (unpaired) electrons. The highest BCUT2D eigenvalue weighted by Gasteiger charge is 2.28. The minimum Gasteiger partial charge on any atom is -0.469 e. The van der Waals surface area contributed by atoms with Crippen molar-refractivity contribution in [2.45, 2.75) is 51.1 Å². The van der Waals surface area contributed by atoms with Crippen LogP contribution >= 0.6 is 0 Å². The number of esters is 1. The zero-order valence-electron chi connectivity index (χ0n) is 12.5. The van der Waals surface area contributed by atoms with Gasteiger partial charge in [0.1, 0.15) is 0 Å². The SMILES string of the molecule is COC(=O)C(C)C(NC1CCCCC1)c1ccccc1. The molecule has 1 aliphatic rings. The van der Waals surface area contributed by atoms with E-state index in [0.29, 0.717) is 6.04 Å². The van der Waals surface area contributed by atoms with E-state index in [1.165, 1.54) is 39.2 Å². The van der Waals surface area contributed by atoms with Crippen molar-refractivity contribution in [1.29, 1.82) is 0 Å². The summed E-state index contributed by atoms with van der Waals surface area (Å²) < 4.78 is 4.92. The van der Waals surface area contributed by atoms with Gasteiger partial charge in [0.15, 0.2) is 0 Å². The van der Waals surface area contributed by atoms with Gasteiger partial charge < -0.3 is 10.1 Å². The predicted molar refractivity (Wildman–Crippen MR) is 80.4 cm³/mol. The molecular weight excluding hydrogens is 250 g/mol. The Labute approximate surface area is 121 Å². The molecule has 3 heteroatoms. The van der Waals surface area contributed by atoms with Crippen LogP contribution in [-0.4, -0.2) is 19.1 Å². The highest BCUT2D eigenvalue weighted by atomic mass is 16.5. The molecule has 0 amide bonds. The Morgan fingerprint density at radius 2 is 1.85 bits per heavy atom. The second-order valence-corrected chi connectivity index (χ2v) is 5.70. The number of hydrogen-bond donors (Lipinski definition) is 1. The van der Waals surface area contributed by atoms with E-state index >= 15 is 0 Å². The van der Waals surface area contributed by atoms with Crippen LogP contribution in [-0.2, 0) is 9.53 Å². The maximum atomic E-state index is 11.9. The second kappa shape index (κ2) is 7.44. The summed E-state index contributed by atoms with van der Waals surface area (Å²) in [6.45, 7) is 1.94. The van der Waals surface area contributed by atoms with E-state index in [-0.39, 0.29) is 17.9 Å². The van der Waals surface area contributed by atoms with E-state index in [4.69, 9.17) is 4.74 Å². The Kier molecular flexibility index (Phi) is 5.60. The summed E-state index contributed by atoms with van der Waals surface area (Å²) in [7, 11) is 1.46. The fourth-order valence-corrected chi connectivity index (χ4v) is 3.03. The minimum atomic E-state index is -0.177. The maximum absolute atomic E-state index is 11.9. The summed E-state index contributed by atoms with van der Waals surface area (Å²) in [5, 5.41) is 3.69. The molecule has 2 atom stereocenters. The molecule has 3 nitrogen and oxygen atoms in total. The Hall–Kier alpha value is -1.35. The number of carbonyl (C=O) groups is 1. The largest absolute Gasteiger partial charge is 0.469 e. The Bertz CT molecular complexity index is 412. The molecule has 0 saturated heterocycles. The van der Waals surface area contributed by atoms with Gasteiger partial charge in [-0.3, -0.25) is 4.79 Å². The summed E-state index contributed by atoms with van der Waals surface area (Å²) >= 11 is 0. The van der Waals surface area contributed by atoms with Crippen molar-refractivity contribution in [2.24, 2.45) is 5.92 Å². The number of methoxy groups -OCH3 is 1. The number of ether oxygens (including phenoxy) is 1. The van der Waals surface area contributed by atoms with Gasteiger partial charge in [-0.05, 0) is 18.4 Å². The van der Waals surface area contributed by atoms with Crippen LogP contribution in [0.1, 0.15) is 50.6 Å². The lowest BCUT2D eigenvalue weighted by Gasteiger charge is -2.31. The number of nitrogens with one attached hydrogen (secondary N) is 1. The third kappa shape index (κ3) is 3.83. The summed E-state index contributed by atoms with van der Waals surface area (Å²) in [5.74, 6) is -0.327. The van der Waals surface area contributed by atoms with Gasteiger partial charge in [0.25, 0.3) is 0 Å². The first-order valence-electron chi connectivity index (χ1n) is 7.61. The molecule has 1 N–H and O–H groups in total. The summed E-state index contributed by atoms with van der Waals surface area (Å²) in [6.07, 6.45) is 6.31. The molecule has 1 aliphatic carbocycles. The van der Waals surface area contributed by atoms with Gasteiger partial charge in [0.05, 0.1) is 13.0 Å². The van der Waals surface area contributed by atoms with E-state index in [9.17, 15) is 4.79 Å². The lowest BCUT2D eigenvalue weighted by molar-refractivity contribution is -0.146. The third-order valence-corrected chi connectivity index (χ3v) is 4.25. The third-order valence-electron chi connectivity index (χ3n) is 4.25. The van der Waals surface area contributed by atoms with Gasteiger partial charge in [-0.1, -0.05) is 56.5 Å². The number of hydrogen-bond acceptors (Lipinski definition) is 3. The average molecular weight is 275 g/mol. The first kappa shape index (κ1) is 15.0. The highest BCUT2D eigenvalue weighted by Crippen LogP contribution is 2.27. The lowest BCUT2D eigenvalue weighted by atomic mass is 9.90. The van der Waals surface area contributed by atoms with Gasteiger partial charge >= 0.3 is 5.97 Å². The molecule has 0 bridgehead atoms. The van der Waals surface area contributed by atoms with Gasteiger partial charge in [-0.25, -0.2) is 0 Å². The standard InChI is InChI=1S/C17H25NO2/c1-13(17(19)20-2)16(14-9-5-3-6-10-14)18-15-11-7-4-8-12-15/h3,5-6,9-10,13,15-16,18H,4,7-8,11-12H2,1-2H3. The molecule has 0 heterocycles. The molecule has 0 spiro atoms. The van der Waals surface area contributed by atoms with Crippen molar-refractivity contribution in [1.82, 2.24) is 5.32 Å². The first-order valence-corrected chi connectivity index (χ1v) is 7.61. The molecule has 2 unspecified atom stereocenters. The fourth-order valence-electron chi connectivity index (χ4n) is 3.03. The Morgan fingerprint density at radius 3 is 2.45 bits per heavy atom. The Morgan fingerprint density at radius 1 is 1.20 bits per heavy atom. The van der Waals surface area contributed by atoms with Crippen molar-refractivity contribution in [3.63, 3.8) is 0 Å². The molecule has 0 aliphatic heterocycles. The van der Waals surface area contributed by atoms with Crippen molar-refractivity contribution < 1.29 is 9.53 Å². The van der Waals surface area contributed by atoms with Gasteiger partial charge in [-0.2, -0.15) is 0 Å². The van der Waals surface area contributed by atoms with Gasteiger partial charge in [0.2, 0.25) is 0 Å². The van der Waals surface area contributed by atoms with Crippen LogP contribution in [0.15, 0.2) is 30.3 Å². The van der Waals surface area contributed by atoms with Gasteiger partial charge in [-0.15, -0.1) is 0 Å². The summed E-state index contributed by atoms with van der Waals surface area (Å²) in [6, 6.07) is 10.8. The number of rotatable bonds is 5. The van der Waals surface area contributed by atoms with E-state index < -0.39 is 0 Å². The van der Waals surface area contributed by atoms with Crippen molar-refractivity contribution in [3.8, 4) is 0 Å². The summed E-state index contributed by atoms with van der Waals surface area (Å²) in [4.78, 5) is 11.9. The normalized spacial score (nSPS) is 19.3. The zero-order chi connectivity index (χ0) is 14.4. The molecule has 1 aromatic carbocycles. The van der Waals surface area contributed by atoms with Crippen LogP contribution in [0.2, 0.25) is 0 Å². The van der Waals surface area contributed by atoms with E-state index in [0.717, 1.165) is 5.56 Å². The maximum Gasteiger partial charge on any atom is 0.310 e. The van der Waals surface area contributed by atoms with Crippen LogP contribution in [0.3, 0.4) is 0 Å². The topological polar surface area (TPSA) is 38.3 Å². The molecule has 1 saturated carbocycles. The monoisotopic (exact) mass is 275 g/mol. The molecular formula is C17H25NO2. The Balaban J connectivity index is 2.13. The lowest BCUT2D eigenvalue weighted by Crippen LogP contribution is -2.39. The highest BCUT2D eigenvalue weighted by molar-refractivity contribution is 5.73. The first-order chi connectivity index (χ1) is 9.72. The van der Waals surface area contributed by atoms with Crippen LogP contribution in [0, 0.1) is 5.92 Å². The number of benzene rings is 1. The van der Waals surface area contributed by atoms with E-state index in [2.05, 4.69) is 17.4 Å². The average Bonchev–Trinajstić information content (AvgIpc) is 2.53. The molecule has 1 aromatic rings. The van der Waals surface area contributed by atoms with Crippen LogP contribution < -0.4 is 5.32 Å². The quantitative estimate of drug-likeness (QED) is 0.836. The van der Waals surface area contributed by atoms with E-state index in [1.54, 1.807) is 0 Å². The molecule has 1 fully saturated rings. The minimum absolute atomic E-state index is 0.0340. The van der Waals surface area contributed by atoms with Crippen molar-refractivity contribution in [2.75, 3.05) is 7.11 Å². The fraction of sp³-hybridized carbons (Fsp3) is 0.588. The van der Waals surface area contributed by atoms with E-state index in [1.807, 2.05) is 25.1 Å². The summed E-state index contributed by atoms with van der Waals surface area (Å²) in [5.41, 5.74) is 1.16. The molecule has 0 aromatic heterocycles. The van der Waals surface area contributed by atoms with Crippen molar-refractivity contribution >= 4 is 5.97 Å². The molecule has 2 rings (SSSR count). The van der Waals surface area contributed by atoms with Crippen molar-refractivity contribution in [3.05, 3.63) is 35.9 Å².